The van der Waals surface area contributed by atoms with Gasteiger partial charge in [-0.15, -0.1) is 0 Å². The number of esters is 1. The van der Waals surface area contributed by atoms with Crippen LogP contribution < -0.4 is 5.32 Å². The normalized spacial score (nSPS) is 10.0. The van der Waals surface area contributed by atoms with Gasteiger partial charge in [0.05, 0.1) is 11.6 Å². The predicted octanol–water partition coefficient (Wildman–Crippen LogP) is 3.94. The lowest BCUT2D eigenvalue weighted by Crippen LogP contribution is -2.12. The minimum Gasteiger partial charge on any atom is -0.506 e. The zero-order valence-corrected chi connectivity index (χ0v) is 13.4. The first-order chi connectivity index (χ1) is 9.40. The van der Waals surface area contributed by atoms with Crippen LogP contribution in [-0.4, -0.2) is 17.1 Å². The number of rotatable bonds is 5. The van der Waals surface area contributed by atoms with Crippen LogP contribution in [0.2, 0.25) is 0 Å². The summed E-state index contributed by atoms with van der Waals surface area (Å²) in [4.78, 5) is 11.3. The van der Waals surface area contributed by atoms with Crippen molar-refractivity contribution < 1.29 is 14.6 Å². The van der Waals surface area contributed by atoms with Gasteiger partial charge in [0, 0.05) is 6.04 Å². The minimum atomic E-state index is -0.237. The van der Waals surface area contributed by atoms with Crippen LogP contribution in [0.3, 0.4) is 0 Å². The van der Waals surface area contributed by atoms with Crippen LogP contribution in [-0.2, 0) is 16.1 Å². The fraction of sp³-hybridized carbons (Fsp3) is 0.562. The van der Waals surface area contributed by atoms with Crippen LogP contribution in [0.25, 0.3) is 0 Å². The van der Waals surface area contributed by atoms with Crippen molar-refractivity contribution in [1.29, 1.82) is 0 Å². The van der Waals surface area contributed by atoms with E-state index >= 15 is 0 Å². The molecule has 0 atom stereocenters. The van der Waals surface area contributed by atoms with Gasteiger partial charge < -0.3 is 15.2 Å². The molecule has 1 rings (SSSR count). The van der Waals surface area contributed by atoms with Gasteiger partial charge in [0.1, 0.15) is 12.4 Å². The summed E-state index contributed by atoms with van der Waals surface area (Å²) < 4.78 is 5.10. The first kappa shape index (κ1) is 18.3. The number of carbonyl (C=O) groups excluding carboxylic acids is 1. The van der Waals surface area contributed by atoms with E-state index in [1.54, 1.807) is 26.0 Å². The van der Waals surface area contributed by atoms with Crippen LogP contribution in [0.15, 0.2) is 18.2 Å². The van der Waals surface area contributed by atoms with Crippen molar-refractivity contribution in [1.82, 2.24) is 0 Å². The van der Waals surface area contributed by atoms with E-state index in [9.17, 15) is 9.90 Å². The average Bonchev–Trinajstić information content (AvgIpc) is 2.40. The Morgan fingerprint density at radius 1 is 1.25 bits per heavy atom. The van der Waals surface area contributed by atoms with E-state index in [1.165, 1.54) is 0 Å². The summed E-state index contributed by atoms with van der Waals surface area (Å²) in [6.07, 6.45) is 0. The highest BCUT2D eigenvalue weighted by atomic mass is 16.5. The molecule has 0 fully saturated rings. The van der Waals surface area contributed by atoms with E-state index in [1.807, 2.05) is 33.8 Å². The lowest BCUT2D eigenvalue weighted by Gasteiger charge is -2.13. The molecule has 0 aromatic heterocycles. The molecular weight excluding hydrogens is 254 g/mol. The maximum Gasteiger partial charge on any atom is 0.308 e. The molecule has 0 aliphatic rings. The van der Waals surface area contributed by atoms with Crippen LogP contribution in [0, 0.1) is 5.92 Å². The van der Waals surface area contributed by atoms with E-state index in [0.717, 1.165) is 5.56 Å². The zero-order valence-electron chi connectivity index (χ0n) is 13.4. The Morgan fingerprint density at radius 2 is 1.85 bits per heavy atom. The number of hydrogen-bond acceptors (Lipinski definition) is 4. The van der Waals surface area contributed by atoms with Crippen molar-refractivity contribution in [2.75, 3.05) is 5.32 Å². The number of benzene rings is 1. The fourth-order valence-electron chi connectivity index (χ4n) is 1.42. The van der Waals surface area contributed by atoms with Crippen molar-refractivity contribution in [3.05, 3.63) is 23.8 Å². The molecule has 0 heterocycles. The molecule has 4 heteroatoms. The van der Waals surface area contributed by atoms with Gasteiger partial charge in [-0.25, -0.2) is 0 Å². The molecule has 0 aliphatic carbocycles. The summed E-state index contributed by atoms with van der Waals surface area (Å²) in [5.74, 6) is -0.207. The zero-order chi connectivity index (χ0) is 15.7. The molecule has 1 aromatic rings. The van der Waals surface area contributed by atoms with Gasteiger partial charge in [0.25, 0.3) is 0 Å². The maximum absolute atomic E-state index is 11.3. The third-order valence-electron chi connectivity index (χ3n) is 2.36. The fourth-order valence-corrected chi connectivity index (χ4v) is 1.42. The highest BCUT2D eigenvalue weighted by Crippen LogP contribution is 2.25. The van der Waals surface area contributed by atoms with E-state index in [4.69, 9.17) is 4.74 Å². The Kier molecular flexibility index (Phi) is 8.45. The Hall–Kier alpha value is -1.71. The number of phenols is 1. The first-order valence-electron chi connectivity index (χ1n) is 7.15. The molecule has 114 valence electrons. The van der Waals surface area contributed by atoms with Crippen LogP contribution in [0.4, 0.5) is 5.69 Å². The summed E-state index contributed by atoms with van der Waals surface area (Å²) in [5.41, 5.74) is 1.46. The highest BCUT2D eigenvalue weighted by Gasteiger charge is 2.09. The van der Waals surface area contributed by atoms with Crippen molar-refractivity contribution in [3.63, 3.8) is 0 Å². The van der Waals surface area contributed by atoms with Crippen LogP contribution in [0.5, 0.6) is 5.75 Å². The predicted molar refractivity (Wildman–Crippen MR) is 82.8 cm³/mol. The van der Waals surface area contributed by atoms with Crippen LogP contribution >= 0.6 is 0 Å². The molecule has 0 unspecified atom stereocenters. The van der Waals surface area contributed by atoms with Crippen LogP contribution in [0.1, 0.15) is 47.1 Å². The maximum atomic E-state index is 11.3. The van der Waals surface area contributed by atoms with Crippen molar-refractivity contribution in [3.8, 4) is 5.75 Å². The highest BCUT2D eigenvalue weighted by molar-refractivity contribution is 5.71. The van der Waals surface area contributed by atoms with Crippen molar-refractivity contribution in [2.45, 2.75) is 54.2 Å². The molecule has 20 heavy (non-hydrogen) atoms. The molecule has 4 nitrogen and oxygen atoms in total. The first-order valence-corrected chi connectivity index (χ1v) is 7.15. The molecule has 0 amide bonds. The second-order valence-electron chi connectivity index (χ2n) is 4.91. The Morgan fingerprint density at radius 3 is 2.30 bits per heavy atom. The van der Waals surface area contributed by atoms with Gasteiger partial charge in [0.15, 0.2) is 0 Å². The van der Waals surface area contributed by atoms with Gasteiger partial charge in [-0.05, 0) is 31.5 Å². The molecule has 0 spiro atoms. The Labute approximate surface area is 122 Å². The Bertz CT molecular complexity index is 414. The minimum absolute atomic E-state index is 0.138. The molecular formula is C16H27NO3. The number of ether oxygens (including phenoxy) is 1. The second kappa shape index (κ2) is 9.23. The number of nitrogens with one attached hydrogen (secondary N) is 1. The third-order valence-corrected chi connectivity index (χ3v) is 2.36. The third kappa shape index (κ3) is 6.45. The average molecular weight is 281 g/mol. The lowest BCUT2D eigenvalue weighted by molar-refractivity contribution is -0.148. The van der Waals surface area contributed by atoms with E-state index < -0.39 is 0 Å². The standard InChI is InChI=1S/C14H21NO3.C2H6/c1-9(2)14(17)18-8-11-5-6-12(13(16)7-11)15-10(3)4;1-2/h5-7,9-10,15-16H,8H2,1-4H3;1-2H3. The SMILES string of the molecule is CC.CC(C)Nc1ccc(COC(=O)C(C)C)cc1O. The van der Waals surface area contributed by atoms with Crippen molar-refractivity contribution >= 4 is 11.7 Å². The number of hydrogen-bond donors (Lipinski definition) is 2. The number of carbonyl (C=O) groups is 1. The van der Waals surface area contributed by atoms with Crippen molar-refractivity contribution in [2.24, 2.45) is 5.92 Å². The number of phenolic OH excluding ortho intramolecular Hbond substituents is 1. The molecule has 2 N–H and O–H groups in total. The smallest absolute Gasteiger partial charge is 0.308 e. The molecule has 0 aliphatic heterocycles. The summed E-state index contributed by atoms with van der Waals surface area (Å²) in [7, 11) is 0. The second-order valence-corrected chi connectivity index (χ2v) is 4.91. The number of aromatic hydroxyl groups is 1. The van der Waals surface area contributed by atoms with Gasteiger partial charge in [0.2, 0.25) is 0 Å². The monoisotopic (exact) mass is 281 g/mol. The van der Waals surface area contributed by atoms with E-state index in [-0.39, 0.29) is 30.3 Å². The van der Waals surface area contributed by atoms with Gasteiger partial charge >= 0.3 is 5.97 Å². The summed E-state index contributed by atoms with van der Waals surface area (Å²) in [6.45, 7) is 11.8. The molecule has 0 radical (unpaired) electrons. The summed E-state index contributed by atoms with van der Waals surface area (Å²) >= 11 is 0. The molecule has 0 saturated heterocycles. The quantitative estimate of drug-likeness (QED) is 0.634. The molecule has 0 bridgehead atoms. The summed E-state index contributed by atoms with van der Waals surface area (Å²) in [6, 6.07) is 5.48. The largest absolute Gasteiger partial charge is 0.506 e. The van der Waals surface area contributed by atoms with Gasteiger partial charge in [-0.3, -0.25) is 4.79 Å². The van der Waals surface area contributed by atoms with Gasteiger partial charge in [-0.1, -0.05) is 33.8 Å². The Balaban J connectivity index is 0.00000172. The van der Waals surface area contributed by atoms with Gasteiger partial charge in [-0.2, -0.15) is 0 Å². The van der Waals surface area contributed by atoms with E-state index in [2.05, 4.69) is 5.32 Å². The van der Waals surface area contributed by atoms with E-state index in [0.29, 0.717) is 5.69 Å². The topological polar surface area (TPSA) is 58.6 Å². The molecule has 0 saturated carbocycles. The summed E-state index contributed by atoms with van der Waals surface area (Å²) in [5, 5.41) is 12.9. The molecule has 1 aromatic carbocycles. The lowest BCUT2D eigenvalue weighted by atomic mass is 10.2. The number of anilines is 1.